The van der Waals surface area contributed by atoms with Gasteiger partial charge in [-0.3, -0.25) is 0 Å². The van der Waals surface area contributed by atoms with Crippen LogP contribution in [-0.2, 0) is 0 Å². The van der Waals surface area contributed by atoms with Crippen molar-refractivity contribution < 1.29 is 14.4 Å². The number of carboxylic acid groups (broad SMARTS) is 1. The van der Waals surface area contributed by atoms with Crippen LogP contribution in [0.25, 0.3) is 16.9 Å². The Morgan fingerprint density at radius 2 is 2.28 bits per heavy atom. The number of carboxylic acids is 1. The molecule has 0 saturated heterocycles. The molecule has 0 bridgehead atoms. The van der Waals surface area contributed by atoms with E-state index < -0.39 is 5.97 Å². The van der Waals surface area contributed by atoms with Gasteiger partial charge in [-0.15, -0.1) is 0 Å². The van der Waals surface area contributed by atoms with E-state index in [1.165, 1.54) is 12.5 Å². The molecule has 0 atom stereocenters. The molecule has 3 aromatic rings. The van der Waals surface area contributed by atoms with Crippen LogP contribution in [0.3, 0.4) is 0 Å². The number of imidazole rings is 1. The molecule has 0 aliphatic heterocycles. The average Bonchev–Trinajstić information content (AvgIpc) is 2.94. The fraction of sp³-hybridized carbons (Fsp3) is 0.0833. The second kappa shape index (κ2) is 3.69. The fourth-order valence-electron chi connectivity index (χ4n) is 1.88. The Labute approximate surface area is 101 Å². The van der Waals surface area contributed by atoms with Gasteiger partial charge in [-0.05, 0) is 13.0 Å². The number of fused-ring (bicyclic) bond motifs is 1. The second-order valence-electron chi connectivity index (χ2n) is 3.95. The largest absolute Gasteiger partial charge is 0.478 e. The second-order valence-corrected chi connectivity index (χ2v) is 3.95. The summed E-state index contributed by atoms with van der Waals surface area (Å²) in [6, 6.07) is 3.22. The molecule has 0 spiro atoms. The monoisotopic (exact) mass is 243 g/mol. The minimum Gasteiger partial charge on any atom is -0.478 e. The first-order valence-corrected chi connectivity index (χ1v) is 5.28. The number of rotatable bonds is 2. The summed E-state index contributed by atoms with van der Waals surface area (Å²) in [5.74, 6) is -0.993. The van der Waals surface area contributed by atoms with Crippen molar-refractivity contribution in [2.75, 3.05) is 0 Å². The van der Waals surface area contributed by atoms with E-state index in [-0.39, 0.29) is 5.56 Å². The maximum atomic E-state index is 11.1. The van der Waals surface area contributed by atoms with Crippen molar-refractivity contribution in [3.8, 4) is 11.3 Å². The molecule has 3 rings (SSSR count). The van der Waals surface area contributed by atoms with Crippen LogP contribution >= 0.6 is 0 Å². The zero-order valence-electron chi connectivity index (χ0n) is 9.49. The van der Waals surface area contributed by atoms with Gasteiger partial charge in [0.1, 0.15) is 17.6 Å². The van der Waals surface area contributed by atoms with Gasteiger partial charge in [0.05, 0.1) is 11.3 Å². The molecule has 90 valence electrons. The van der Waals surface area contributed by atoms with E-state index >= 15 is 0 Å². The number of carbonyl (C=O) groups is 1. The topological polar surface area (TPSA) is 80.6 Å². The Morgan fingerprint density at radius 3 is 2.94 bits per heavy atom. The Balaban J connectivity index is 2.36. The summed E-state index contributed by atoms with van der Waals surface area (Å²) >= 11 is 0. The van der Waals surface area contributed by atoms with Crippen molar-refractivity contribution in [2.45, 2.75) is 6.92 Å². The van der Waals surface area contributed by atoms with Gasteiger partial charge in [-0.1, -0.05) is 5.16 Å². The molecule has 18 heavy (non-hydrogen) atoms. The van der Waals surface area contributed by atoms with Crippen LogP contribution in [0, 0.1) is 6.92 Å². The number of aryl methyl sites for hydroxylation is 1. The molecule has 0 aliphatic carbocycles. The lowest BCUT2D eigenvalue weighted by atomic mass is 10.1. The number of nitrogens with zero attached hydrogens (tertiary/aromatic N) is 3. The molecule has 0 fully saturated rings. The SMILES string of the molecule is Cc1cn2cc(C(=O)O)cc(-c3ccon3)c2n1. The van der Waals surface area contributed by atoms with Crippen LogP contribution in [0.2, 0.25) is 0 Å². The highest BCUT2D eigenvalue weighted by atomic mass is 16.5. The predicted octanol–water partition coefficient (Wildman–Crippen LogP) is 2.00. The Morgan fingerprint density at radius 1 is 1.44 bits per heavy atom. The molecule has 1 N–H and O–H groups in total. The summed E-state index contributed by atoms with van der Waals surface area (Å²) in [5, 5.41) is 12.9. The maximum Gasteiger partial charge on any atom is 0.337 e. The highest BCUT2D eigenvalue weighted by Crippen LogP contribution is 2.24. The molecule has 0 aliphatic rings. The Kier molecular flexibility index (Phi) is 2.16. The maximum absolute atomic E-state index is 11.1. The third-order valence-electron chi connectivity index (χ3n) is 2.63. The van der Waals surface area contributed by atoms with Crippen LogP contribution in [0.5, 0.6) is 0 Å². The van der Waals surface area contributed by atoms with Gasteiger partial charge < -0.3 is 14.0 Å². The third kappa shape index (κ3) is 1.55. The molecule has 6 nitrogen and oxygen atoms in total. The lowest BCUT2D eigenvalue weighted by Gasteiger charge is -2.02. The van der Waals surface area contributed by atoms with E-state index in [1.54, 1.807) is 22.7 Å². The molecule has 0 aromatic carbocycles. The number of aromatic nitrogens is 3. The minimum atomic E-state index is -0.993. The average molecular weight is 243 g/mol. The zero-order chi connectivity index (χ0) is 12.7. The summed E-state index contributed by atoms with van der Waals surface area (Å²) in [4.78, 5) is 15.5. The summed E-state index contributed by atoms with van der Waals surface area (Å²) in [6.45, 7) is 1.85. The lowest BCUT2D eigenvalue weighted by Crippen LogP contribution is -2.00. The highest BCUT2D eigenvalue weighted by molar-refractivity contribution is 5.91. The van der Waals surface area contributed by atoms with Crippen molar-refractivity contribution in [3.05, 3.63) is 42.0 Å². The molecule has 0 unspecified atom stereocenters. The summed E-state index contributed by atoms with van der Waals surface area (Å²) in [6.07, 6.45) is 4.74. The van der Waals surface area contributed by atoms with Crippen LogP contribution < -0.4 is 0 Å². The summed E-state index contributed by atoms with van der Waals surface area (Å²) in [5.41, 5.74) is 2.84. The molecule has 0 saturated carbocycles. The quantitative estimate of drug-likeness (QED) is 0.744. The fourth-order valence-corrected chi connectivity index (χ4v) is 1.88. The zero-order valence-corrected chi connectivity index (χ0v) is 9.49. The highest BCUT2D eigenvalue weighted by Gasteiger charge is 2.14. The minimum absolute atomic E-state index is 0.179. The van der Waals surface area contributed by atoms with E-state index in [0.29, 0.717) is 16.9 Å². The van der Waals surface area contributed by atoms with Crippen molar-refractivity contribution >= 4 is 11.6 Å². The first-order chi connectivity index (χ1) is 8.65. The molecule has 3 heterocycles. The molecule has 0 amide bonds. The van der Waals surface area contributed by atoms with Crippen LogP contribution in [0.15, 0.2) is 35.3 Å². The first kappa shape index (κ1) is 10.5. The summed E-state index contributed by atoms with van der Waals surface area (Å²) < 4.78 is 6.47. The third-order valence-corrected chi connectivity index (χ3v) is 2.63. The number of pyridine rings is 1. The molecule has 3 aromatic heterocycles. The smallest absolute Gasteiger partial charge is 0.337 e. The van der Waals surface area contributed by atoms with E-state index in [2.05, 4.69) is 10.1 Å². The van der Waals surface area contributed by atoms with Crippen molar-refractivity contribution in [3.63, 3.8) is 0 Å². The van der Waals surface area contributed by atoms with Gasteiger partial charge in [-0.25, -0.2) is 9.78 Å². The van der Waals surface area contributed by atoms with E-state index in [9.17, 15) is 4.79 Å². The van der Waals surface area contributed by atoms with Crippen LogP contribution in [-0.4, -0.2) is 25.6 Å². The van der Waals surface area contributed by atoms with Gasteiger partial charge in [0, 0.05) is 24.0 Å². The van der Waals surface area contributed by atoms with Crippen molar-refractivity contribution in [2.24, 2.45) is 0 Å². The van der Waals surface area contributed by atoms with Gasteiger partial charge in [0.15, 0.2) is 0 Å². The van der Waals surface area contributed by atoms with Gasteiger partial charge in [0.2, 0.25) is 0 Å². The number of aromatic carboxylic acids is 1. The van der Waals surface area contributed by atoms with E-state index in [1.807, 2.05) is 6.92 Å². The Hall–Kier alpha value is -2.63. The summed E-state index contributed by atoms with van der Waals surface area (Å²) in [7, 11) is 0. The van der Waals surface area contributed by atoms with E-state index in [4.69, 9.17) is 9.63 Å². The van der Waals surface area contributed by atoms with Crippen molar-refractivity contribution in [1.82, 2.24) is 14.5 Å². The van der Waals surface area contributed by atoms with E-state index in [0.717, 1.165) is 5.69 Å². The molecular weight excluding hydrogens is 234 g/mol. The molecule has 0 radical (unpaired) electrons. The van der Waals surface area contributed by atoms with Gasteiger partial charge in [-0.2, -0.15) is 0 Å². The lowest BCUT2D eigenvalue weighted by molar-refractivity contribution is 0.0696. The Bertz CT molecular complexity index is 728. The standard InChI is InChI=1S/C12H9N3O3/c1-7-5-15-6-8(12(16)17)4-9(11(15)13-7)10-2-3-18-14-10/h2-6H,1H3,(H,16,17). The van der Waals surface area contributed by atoms with Crippen LogP contribution in [0.4, 0.5) is 0 Å². The number of hydrogen-bond acceptors (Lipinski definition) is 4. The first-order valence-electron chi connectivity index (χ1n) is 5.28. The van der Waals surface area contributed by atoms with Crippen LogP contribution in [0.1, 0.15) is 16.1 Å². The normalized spacial score (nSPS) is 10.9. The predicted molar refractivity (Wildman–Crippen MR) is 62.4 cm³/mol. The van der Waals surface area contributed by atoms with Gasteiger partial charge in [0.25, 0.3) is 0 Å². The molecule has 6 heteroatoms. The van der Waals surface area contributed by atoms with Gasteiger partial charge >= 0.3 is 5.97 Å². The number of hydrogen-bond donors (Lipinski definition) is 1. The molecular formula is C12H9N3O3. The van der Waals surface area contributed by atoms with Crippen molar-refractivity contribution in [1.29, 1.82) is 0 Å².